The lowest BCUT2D eigenvalue weighted by Crippen LogP contribution is -2.42. The Bertz CT molecular complexity index is 972. The van der Waals surface area contributed by atoms with Crippen LogP contribution in [-0.4, -0.2) is 38.9 Å². The van der Waals surface area contributed by atoms with Crippen LogP contribution in [0.3, 0.4) is 0 Å². The van der Waals surface area contributed by atoms with Crippen LogP contribution in [0.1, 0.15) is 42.1 Å². The number of ether oxygens (including phenoxy) is 1. The minimum absolute atomic E-state index is 0.0916. The highest BCUT2D eigenvalue weighted by atomic mass is 32.2. The second kappa shape index (κ2) is 8.22. The van der Waals surface area contributed by atoms with Gasteiger partial charge in [-0.1, -0.05) is 18.2 Å². The molecule has 1 amide bonds. The third kappa shape index (κ3) is 4.14. The fraction of sp³-hybridized carbons (Fsp3) is 0.381. The summed E-state index contributed by atoms with van der Waals surface area (Å²) in [7, 11) is -2.39. The largest absolute Gasteiger partial charge is 0.495 e. The number of aryl methyl sites for hydroxylation is 1. The predicted octanol–water partition coefficient (Wildman–Crippen LogP) is 3.82. The first kappa shape index (κ1) is 20.2. The zero-order chi connectivity index (χ0) is 20.3. The van der Waals surface area contributed by atoms with Crippen LogP contribution in [0.5, 0.6) is 5.75 Å². The maximum Gasteiger partial charge on any atom is 0.262 e. The summed E-state index contributed by atoms with van der Waals surface area (Å²) >= 11 is 0. The molecule has 0 bridgehead atoms. The number of anilines is 1. The minimum Gasteiger partial charge on any atom is -0.495 e. The van der Waals surface area contributed by atoms with Gasteiger partial charge in [0.05, 0.1) is 17.7 Å². The van der Waals surface area contributed by atoms with Crippen LogP contribution >= 0.6 is 0 Å². The third-order valence-electron chi connectivity index (χ3n) is 5.14. The third-order valence-corrected chi connectivity index (χ3v) is 6.65. The number of rotatable bonds is 5. The van der Waals surface area contributed by atoms with Crippen LogP contribution in [0.25, 0.3) is 0 Å². The van der Waals surface area contributed by atoms with Gasteiger partial charge in [-0.2, -0.15) is 0 Å². The molecule has 0 aromatic heterocycles. The lowest BCUT2D eigenvalue weighted by atomic mass is 10.0. The number of benzene rings is 2. The number of amides is 1. The van der Waals surface area contributed by atoms with E-state index in [0.717, 1.165) is 19.3 Å². The molecule has 1 atom stereocenters. The van der Waals surface area contributed by atoms with Crippen molar-refractivity contribution in [3.05, 3.63) is 53.6 Å². The molecule has 0 aliphatic carbocycles. The average molecular weight is 403 g/mol. The first-order valence-corrected chi connectivity index (χ1v) is 10.9. The topological polar surface area (TPSA) is 75.7 Å². The molecule has 1 fully saturated rings. The van der Waals surface area contributed by atoms with Crippen molar-refractivity contribution in [2.24, 2.45) is 0 Å². The molecule has 1 heterocycles. The molecule has 0 saturated carbocycles. The Morgan fingerprint density at radius 2 is 1.93 bits per heavy atom. The molecular formula is C21H26N2O4S. The summed E-state index contributed by atoms with van der Waals surface area (Å²) in [6.45, 7) is 4.45. The molecule has 0 unspecified atom stereocenters. The van der Waals surface area contributed by atoms with Gasteiger partial charge in [0, 0.05) is 18.2 Å². The highest BCUT2D eigenvalue weighted by Crippen LogP contribution is 2.28. The summed E-state index contributed by atoms with van der Waals surface area (Å²) in [5.41, 5.74) is 1.32. The first-order valence-electron chi connectivity index (χ1n) is 9.41. The van der Waals surface area contributed by atoms with E-state index in [1.165, 1.54) is 13.2 Å². The number of hydrogen-bond acceptors (Lipinski definition) is 4. The number of carbonyl (C=O) groups excluding carboxylic acids is 1. The Morgan fingerprint density at radius 3 is 2.64 bits per heavy atom. The Kier molecular flexibility index (Phi) is 5.93. The number of sulfonamides is 1. The van der Waals surface area contributed by atoms with Crippen molar-refractivity contribution in [2.45, 2.75) is 44.0 Å². The maximum atomic E-state index is 13.0. The van der Waals surface area contributed by atoms with Crippen molar-refractivity contribution in [1.29, 1.82) is 0 Å². The summed E-state index contributed by atoms with van der Waals surface area (Å²) in [5.74, 6) is 0.305. The summed E-state index contributed by atoms with van der Waals surface area (Å²) in [6.07, 6.45) is 3.06. The van der Waals surface area contributed by atoms with Gasteiger partial charge in [-0.3, -0.25) is 9.52 Å². The number of likely N-dealkylation sites (tertiary alicyclic amines) is 1. The van der Waals surface area contributed by atoms with Gasteiger partial charge < -0.3 is 9.64 Å². The molecule has 2 aromatic carbocycles. The van der Waals surface area contributed by atoms with E-state index >= 15 is 0 Å². The SMILES string of the molecule is COc1ccccc1NS(=O)(=O)c1cc(C(=O)N2CCCC[C@@H]2C)ccc1C. The molecule has 2 aromatic rings. The van der Waals surface area contributed by atoms with E-state index in [9.17, 15) is 13.2 Å². The fourth-order valence-electron chi connectivity index (χ4n) is 3.52. The molecule has 150 valence electrons. The lowest BCUT2D eigenvalue weighted by Gasteiger charge is -2.33. The van der Waals surface area contributed by atoms with E-state index in [1.807, 2.05) is 11.8 Å². The van der Waals surface area contributed by atoms with Crippen molar-refractivity contribution < 1.29 is 17.9 Å². The lowest BCUT2D eigenvalue weighted by molar-refractivity contribution is 0.0635. The maximum absolute atomic E-state index is 13.0. The molecule has 28 heavy (non-hydrogen) atoms. The summed E-state index contributed by atoms with van der Waals surface area (Å²) in [5, 5.41) is 0. The van der Waals surface area contributed by atoms with Crippen LogP contribution < -0.4 is 9.46 Å². The highest BCUT2D eigenvalue weighted by molar-refractivity contribution is 7.92. The summed E-state index contributed by atoms with van der Waals surface area (Å²) < 4.78 is 33.8. The highest BCUT2D eigenvalue weighted by Gasteiger charge is 2.26. The van der Waals surface area contributed by atoms with Crippen molar-refractivity contribution >= 4 is 21.6 Å². The minimum atomic E-state index is -3.88. The van der Waals surface area contributed by atoms with Gasteiger partial charge in [-0.25, -0.2) is 8.42 Å². The molecule has 1 N–H and O–H groups in total. The van der Waals surface area contributed by atoms with Crippen LogP contribution in [-0.2, 0) is 10.0 Å². The molecule has 0 radical (unpaired) electrons. The zero-order valence-corrected chi connectivity index (χ0v) is 17.3. The molecular weight excluding hydrogens is 376 g/mol. The van der Waals surface area contributed by atoms with Crippen LogP contribution in [0.2, 0.25) is 0 Å². The summed E-state index contributed by atoms with van der Waals surface area (Å²) in [4.78, 5) is 14.9. The van der Waals surface area contributed by atoms with Gasteiger partial charge in [0.1, 0.15) is 5.75 Å². The number of nitrogens with zero attached hydrogens (tertiary/aromatic N) is 1. The number of para-hydroxylation sites is 2. The molecule has 1 aliphatic heterocycles. The molecule has 1 aliphatic rings. The Hall–Kier alpha value is -2.54. The van der Waals surface area contributed by atoms with Gasteiger partial charge in [0.15, 0.2) is 0 Å². The van der Waals surface area contributed by atoms with E-state index in [-0.39, 0.29) is 16.8 Å². The Morgan fingerprint density at radius 1 is 1.18 bits per heavy atom. The number of hydrogen-bond donors (Lipinski definition) is 1. The second-order valence-corrected chi connectivity index (χ2v) is 8.78. The van der Waals surface area contributed by atoms with Gasteiger partial charge in [0.25, 0.3) is 15.9 Å². The average Bonchev–Trinajstić information content (AvgIpc) is 2.68. The zero-order valence-electron chi connectivity index (χ0n) is 16.4. The molecule has 1 saturated heterocycles. The van der Waals surface area contributed by atoms with Gasteiger partial charge in [0.2, 0.25) is 0 Å². The van der Waals surface area contributed by atoms with Crippen molar-refractivity contribution in [2.75, 3.05) is 18.4 Å². The van der Waals surface area contributed by atoms with E-state index in [2.05, 4.69) is 4.72 Å². The number of methoxy groups -OCH3 is 1. The normalized spacial score (nSPS) is 17.2. The fourth-order valence-corrected chi connectivity index (χ4v) is 4.86. The Balaban J connectivity index is 1.93. The molecule has 3 rings (SSSR count). The van der Waals surface area contributed by atoms with E-state index in [4.69, 9.17) is 4.74 Å². The number of carbonyl (C=O) groups is 1. The predicted molar refractivity (Wildman–Crippen MR) is 109 cm³/mol. The van der Waals surface area contributed by atoms with E-state index in [0.29, 0.717) is 29.1 Å². The van der Waals surface area contributed by atoms with E-state index < -0.39 is 10.0 Å². The van der Waals surface area contributed by atoms with Gasteiger partial charge in [-0.05, 0) is 62.9 Å². The Labute approximate surface area is 166 Å². The molecule has 0 spiro atoms. The van der Waals surface area contributed by atoms with Gasteiger partial charge in [-0.15, -0.1) is 0 Å². The first-order chi connectivity index (χ1) is 13.3. The van der Waals surface area contributed by atoms with Crippen molar-refractivity contribution in [3.63, 3.8) is 0 Å². The van der Waals surface area contributed by atoms with Crippen LogP contribution in [0, 0.1) is 6.92 Å². The monoisotopic (exact) mass is 402 g/mol. The standard InChI is InChI=1S/C21H26N2O4S/c1-15-11-12-17(21(24)23-13-7-6-8-16(23)2)14-20(15)28(25,26)22-18-9-4-5-10-19(18)27-3/h4-5,9-12,14,16,22H,6-8,13H2,1-3H3/t16-/m0/s1. The van der Waals surface area contributed by atoms with Crippen LogP contribution in [0.4, 0.5) is 5.69 Å². The molecule has 6 nitrogen and oxygen atoms in total. The molecule has 7 heteroatoms. The number of piperidine rings is 1. The van der Waals surface area contributed by atoms with Gasteiger partial charge >= 0.3 is 0 Å². The van der Waals surface area contributed by atoms with E-state index in [1.54, 1.807) is 43.3 Å². The van der Waals surface area contributed by atoms with Crippen molar-refractivity contribution in [1.82, 2.24) is 4.90 Å². The quantitative estimate of drug-likeness (QED) is 0.825. The second-order valence-electron chi connectivity index (χ2n) is 7.13. The van der Waals surface area contributed by atoms with Crippen molar-refractivity contribution in [3.8, 4) is 5.75 Å². The summed E-state index contributed by atoms with van der Waals surface area (Å²) in [6, 6.07) is 11.8. The number of nitrogens with one attached hydrogen (secondary N) is 1. The van der Waals surface area contributed by atoms with Crippen LogP contribution in [0.15, 0.2) is 47.4 Å². The smallest absolute Gasteiger partial charge is 0.262 e.